The van der Waals surface area contributed by atoms with Gasteiger partial charge in [0.05, 0.1) is 26.5 Å². The van der Waals surface area contributed by atoms with Crippen LogP contribution in [0.5, 0.6) is 11.5 Å². The van der Waals surface area contributed by atoms with E-state index < -0.39 is 0 Å². The number of halogens is 2. The summed E-state index contributed by atoms with van der Waals surface area (Å²) in [6.07, 6.45) is 0. The number of methoxy groups -OCH3 is 2. The number of amides is 1. The smallest absolute Gasteiger partial charge is 0.251 e. The van der Waals surface area contributed by atoms with Gasteiger partial charge in [-0.15, -0.1) is 10.2 Å². The van der Waals surface area contributed by atoms with Gasteiger partial charge in [0.2, 0.25) is 0 Å². The number of ether oxygens (including phenoxy) is 2. The molecule has 1 amide bonds. The van der Waals surface area contributed by atoms with Gasteiger partial charge < -0.3 is 14.8 Å². The summed E-state index contributed by atoms with van der Waals surface area (Å²) in [5.41, 5.74) is 3.11. The van der Waals surface area contributed by atoms with Crippen molar-refractivity contribution in [3.63, 3.8) is 0 Å². The molecular weight excluding hydrogens is 503 g/mol. The topological polar surface area (TPSA) is 78.3 Å². The van der Waals surface area contributed by atoms with Gasteiger partial charge in [-0.1, -0.05) is 41.6 Å². The lowest BCUT2D eigenvalue weighted by Gasteiger charge is -2.14. The van der Waals surface area contributed by atoms with Crippen LogP contribution in [0.4, 0.5) is 4.39 Å². The Labute approximate surface area is 217 Å². The fourth-order valence-corrected chi connectivity index (χ4v) is 4.59. The van der Waals surface area contributed by atoms with Gasteiger partial charge in [-0.3, -0.25) is 9.36 Å². The van der Waals surface area contributed by atoms with Crippen molar-refractivity contribution in [2.24, 2.45) is 0 Å². The fourth-order valence-electron chi connectivity index (χ4n) is 3.50. The van der Waals surface area contributed by atoms with E-state index in [4.69, 9.17) is 21.1 Å². The van der Waals surface area contributed by atoms with E-state index in [9.17, 15) is 9.18 Å². The second-order valence-electron chi connectivity index (χ2n) is 7.86. The number of carbonyl (C=O) groups excluding carboxylic acids is 1. The van der Waals surface area contributed by atoms with E-state index >= 15 is 0 Å². The molecule has 0 radical (unpaired) electrons. The van der Waals surface area contributed by atoms with E-state index in [1.807, 2.05) is 29.7 Å². The van der Waals surface area contributed by atoms with Crippen LogP contribution in [0.15, 0.2) is 65.8 Å². The number of rotatable bonds is 9. The Morgan fingerprint density at radius 3 is 2.39 bits per heavy atom. The predicted octanol–water partition coefficient (Wildman–Crippen LogP) is 5.61. The van der Waals surface area contributed by atoms with Crippen LogP contribution in [-0.2, 0) is 12.3 Å². The standard InChI is InChI=1S/C26H24ClFN4O3S/c1-16-4-7-19(27)12-23(16)32-24(30-31-26(32)36-15-17-5-8-20(28)9-6-17)14-29-25(33)18-10-21(34-2)13-22(11-18)35-3/h4-13H,14-15H2,1-3H3,(H,29,33). The molecule has 0 aliphatic rings. The molecule has 0 aliphatic carbocycles. The summed E-state index contributed by atoms with van der Waals surface area (Å²) in [6, 6.07) is 16.8. The molecule has 0 aliphatic heterocycles. The number of hydrogen-bond acceptors (Lipinski definition) is 6. The first-order valence-corrected chi connectivity index (χ1v) is 12.3. The van der Waals surface area contributed by atoms with Gasteiger partial charge >= 0.3 is 0 Å². The molecule has 1 N–H and O–H groups in total. The molecule has 7 nitrogen and oxygen atoms in total. The Hall–Kier alpha value is -3.56. The summed E-state index contributed by atoms with van der Waals surface area (Å²) in [5.74, 6) is 1.52. The Morgan fingerprint density at radius 2 is 1.72 bits per heavy atom. The number of thioether (sulfide) groups is 1. The van der Waals surface area contributed by atoms with E-state index in [0.29, 0.717) is 38.8 Å². The first-order chi connectivity index (χ1) is 17.4. The van der Waals surface area contributed by atoms with Crippen molar-refractivity contribution in [1.82, 2.24) is 20.1 Å². The third-order valence-corrected chi connectivity index (χ3v) is 6.65. The Morgan fingerprint density at radius 1 is 1.03 bits per heavy atom. The number of carbonyl (C=O) groups is 1. The maximum Gasteiger partial charge on any atom is 0.251 e. The van der Waals surface area contributed by atoms with Crippen molar-refractivity contribution < 1.29 is 18.7 Å². The predicted molar refractivity (Wildman–Crippen MR) is 138 cm³/mol. The molecule has 0 saturated carbocycles. The molecule has 0 atom stereocenters. The number of nitrogens with one attached hydrogen (secondary N) is 1. The van der Waals surface area contributed by atoms with E-state index in [1.165, 1.54) is 38.1 Å². The summed E-state index contributed by atoms with van der Waals surface area (Å²) in [4.78, 5) is 12.9. The van der Waals surface area contributed by atoms with E-state index in [1.54, 1.807) is 30.3 Å². The number of nitrogens with zero attached hydrogens (tertiary/aromatic N) is 3. The fraction of sp³-hybridized carbons (Fsp3) is 0.192. The average molecular weight is 527 g/mol. The van der Waals surface area contributed by atoms with Crippen LogP contribution in [0.3, 0.4) is 0 Å². The van der Waals surface area contributed by atoms with Crippen molar-refractivity contribution in [2.75, 3.05) is 14.2 Å². The van der Waals surface area contributed by atoms with Gasteiger partial charge in [0.1, 0.15) is 17.3 Å². The minimum absolute atomic E-state index is 0.119. The summed E-state index contributed by atoms with van der Waals surface area (Å²) in [7, 11) is 3.05. The van der Waals surface area contributed by atoms with Crippen molar-refractivity contribution in [3.8, 4) is 17.2 Å². The van der Waals surface area contributed by atoms with Crippen molar-refractivity contribution in [2.45, 2.75) is 24.4 Å². The highest BCUT2D eigenvalue weighted by atomic mass is 35.5. The largest absolute Gasteiger partial charge is 0.497 e. The average Bonchev–Trinajstić information content (AvgIpc) is 3.30. The maximum absolute atomic E-state index is 13.3. The van der Waals surface area contributed by atoms with Crippen LogP contribution in [0.2, 0.25) is 5.02 Å². The number of benzene rings is 3. The molecule has 0 unspecified atom stereocenters. The second-order valence-corrected chi connectivity index (χ2v) is 9.24. The second kappa shape index (κ2) is 11.5. The van der Waals surface area contributed by atoms with Crippen LogP contribution in [0.1, 0.15) is 27.3 Å². The Bertz CT molecular complexity index is 1360. The molecule has 186 valence electrons. The van der Waals surface area contributed by atoms with E-state index in [0.717, 1.165) is 16.8 Å². The van der Waals surface area contributed by atoms with Gasteiger partial charge in [0.25, 0.3) is 5.91 Å². The zero-order valence-electron chi connectivity index (χ0n) is 19.9. The van der Waals surface area contributed by atoms with Crippen LogP contribution in [-0.4, -0.2) is 34.9 Å². The molecule has 0 fully saturated rings. The van der Waals surface area contributed by atoms with Gasteiger partial charge in [-0.05, 0) is 54.4 Å². The van der Waals surface area contributed by atoms with Crippen LogP contribution < -0.4 is 14.8 Å². The van der Waals surface area contributed by atoms with Gasteiger partial charge in [-0.2, -0.15) is 0 Å². The quantitative estimate of drug-likeness (QED) is 0.286. The zero-order valence-corrected chi connectivity index (χ0v) is 21.5. The minimum atomic E-state index is -0.315. The molecule has 0 saturated heterocycles. The third-order valence-electron chi connectivity index (χ3n) is 5.41. The third kappa shape index (κ3) is 5.98. The van der Waals surface area contributed by atoms with Crippen molar-refractivity contribution in [3.05, 3.63) is 94.0 Å². The number of hydrogen-bond donors (Lipinski definition) is 1. The molecular formula is C26H24ClFN4O3S. The first-order valence-electron chi connectivity index (χ1n) is 11.0. The van der Waals surface area contributed by atoms with E-state index in [-0.39, 0.29) is 18.3 Å². The monoisotopic (exact) mass is 526 g/mol. The molecule has 1 heterocycles. The molecule has 10 heteroatoms. The first kappa shape index (κ1) is 25.5. The van der Waals surface area contributed by atoms with Crippen molar-refractivity contribution >= 4 is 29.3 Å². The lowest BCUT2D eigenvalue weighted by molar-refractivity contribution is 0.0949. The molecule has 4 aromatic rings. The minimum Gasteiger partial charge on any atom is -0.497 e. The molecule has 0 bridgehead atoms. The highest BCUT2D eigenvalue weighted by Crippen LogP contribution is 2.29. The SMILES string of the molecule is COc1cc(OC)cc(C(=O)NCc2nnc(SCc3ccc(F)cc3)n2-c2cc(Cl)ccc2C)c1. The van der Waals surface area contributed by atoms with Crippen LogP contribution >= 0.6 is 23.4 Å². The van der Waals surface area contributed by atoms with Gasteiger partial charge in [-0.25, -0.2) is 4.39 Å². The highest BCUT2D eigenvalue weighted by molar-refractivity contribution is 7.98. The number of aryl methyl sites for hydroxylation is 1. The highest BCUT2D eigenvalue weighted by Gasteiger charge is 2.18. The normalized spacial score (nSPS) is 10.8. The molecule has 3 aromatic carbocycles. The zero-order chi connectivity index (χ0) is 25.7. The molecule has 0 spiro atoms. The Balaban J connectivity index is 1.61. The van der Waals surface area contributed by atoms with Gasteiger partial charge in [0.15, 0.2) is 11.0 Å². The van der Waals surface area contributed by atoms with Crippen LogP contribution in [0.25, 0.3) is 5.69 Å². The van der Waals surface area contributed by atoms with Crippen LogP contribution in [0, 0.1) is 12.7 Å². The maximum atomic E-state index is 13.3. The number of aromatic nitrogens is 3. The van der Waals surface area contributed by atoms with E-state index in [2.05, 4.69) is 15.5 Å². The van der Waals surface area contributed by atoms with Crippen molar-refractivity contribution in [1.29, 1.82) is 0 Å². The molecule has 4 rings (SSSR count). The lowest BCUT2D eigenvalue weighted by atomic mass is 10.2. The summed E-state index contributed by atoms with van der Waals surface area (Å²) in [6.45, 7) is 2.08. The molecule has 36 heavy (non-hydrogen) atoms. The summed E-state index contributed by atoms with van der Waals surface area (Å²) < 4.78 is 25.7. The lowest BCUT2D eigenvalue weighted by Crippen LogP contribution is -2.25. The molecule has 1 aromatic heterocycles. The Kier molecular flexibility index (Phi) is 8.12. The van der Waals surface area contributed by atoms with Gasteiger partial charge in [0, 0.05) is 22.4 Å². The summed E-state index contributed by atoms with van der Waals surface area (Å²) in [5, 5.41) is 12.8. The summed E-state index contributed by atoms with van der Waals surface area (Å²) >= 11 is 7.76.